The van der Waals surface area contributed by atoms with Crippen LogP contribution in [0.5, 0.6) is 0 Å². The molecule has 0 unspecified atom stereocenters. The second-order valence-corrected chi connectivity index (χ2v) is 16.6. The maximum absolute atomic E-state index is 3.92. The van der Waals surface area contributed by atoms with Crippen LogP contribution in [0.15, 0.2) is 66.1 Å². The van der Waals surface area contributed by atoms with Gasteiger partial charge in [0.25, 0.3) is 0 Å². The molecular weight excluding hydrogens is 454 g/mol. The molecule has 0 aliphatic heterocycles. The Morgan fingerprint density at radius 3 is 1.66 bits per heavy atom. The molecule has 0 N–H and O–H groups in total. The van der Waals surface area contributed by atoms with E-state index in [0.717, 1.165) is 5.56 Å². The van der Waals surface area contributed by atoms with Crippen molar-refractivity contribution in [2.24, 2.45) is 5.92 Å². The van der Waals surface area contributed by atoms with Gasteiger partial charge in [0, 0.05) is 0 Å². The van der Waals surface area contributed by atoms with Gasteiger partial charge in [-0.3, -0.25) is 0 Å². The van der Waals surface area contributed by atoms with E-state index in [2.05, 4.69) is 124 Å². The quantitative estimate of drug-likeness (QED) is 0.286. The van der Waals surface area contributed by atoms with Gasteiger partial charge in [-0.2, -0.15) is 0 Å². The Kier molecular flexibility index (Phi) is 8.71. The van der Waals surface area contributed by atoms with Crippen LogP contribution in [0.25, 0.3) is 3.59 Å². The molecular formula is C27H37BSn. The Balaban J connectivity index is 2.88. The molecule has 2 heteroatoms. The molecule has 0 amide bonds. The van der Waals surface area contributed by atoms with Gasteiger partial charge < -0.3 is 0 Å². The molecule has 2 rings (SSSR count). The molecule has 2 aromatic carbocycles. The average Bonchev–Trinajstić information content (AvgIpc) is 2.68. The SMILES string of the molecule is CC(C)/C(=[C](\c1ccccc1)[Sn+]([CH3])[CH3])[B-](C#Cc1ccccc1)(C(C)C)C(C)C. The van der Waals surface area contributed by atoms with Crippen molar-refractivity contribution in [2.75, 3.05) is 0 Å². The summed E-state index contributed by atoms with van der Waals surface area (Å²) in [6.45, 7) is 14.3. The molecule has 0 radical (unpaired) electrons. The Morgan fingerprint density at radius 2 is 1.24 bits per heavy atom. The van der Waals surface area contributed by atoms with Crippen LogP contribution in [0.1, 0.15) is 52.7 Å². The van der Waals surface area contributed by atoms with E-state index in [4.69, 9.17) is 0 Å². The Bertz CT molecular complexity index is 857. The Labute approximate surface area is 186 Å². The molecule has 29 heavy (non-hydrogen) atoms. The van der Waals surface area contributed by atoms with Gasteiger partial charge in [-0.1, -0.05) is 0 Å². The molecule has 0 aromatic heterocycles. The topological polar surface area (TPSA) is 0 Å². The molecule has 0 saturated carbocycles. The van der Waals surface area contributed by atoms with Crippen LogP contribution in [0.3, 0.4) is 0 Å². The van der Waals surface area contributed by atoms with Gasteiger partial charge >= 0.3 is 187 Å². The van der Waals surface area contributed by atoms with Gasteiger partial charge in [0.1, 0.15) is 0 Å². The van der Waals surface area contributed by atoms with E-state index in [1.165, 1.54) is 5.56 Å². The second kappa shape index (κ2) is 10.6. The van der Waals surface area contributed by atoms with E-state index < -0.39 is 25.9 Å². The van der Waals surface area contributed by atoms with E-state index in [1.54, 1.807) is 9.06 Å². The van der Waals surface area contributed by atoms with Crippen LogP contribution in [0.2, 0.25) is 21.5 Å². The fourth-order valence-electron chi connectivity index (χ4n) is 5.05. The van der Waals surface area contributed by atoms with Gasteiger partial charge in [0.15, 0.2) is 0 Å². The molecule has 152 valence electrons. The zero-order chi connectivity index (χ0) is 21.6. The monoisotopic (exact) mass is 492 g/mol. The molecule has 2 aromatic rings. The number of hydrogen-bond donors (Lipinski definition) is 0. The van der Waals surface area contributed by atoms with E-state index in [9.17, 15) is 0 Å². The summed E-state index contributed by atoms with van der Waals surface area (Å²) in [5.41, 5.74) is 4.21. The van der Waals surface area contributed by atoms with Crippen molar-refractivity contribution in [3.05, 3.63) is 77.3 Å². The third kappa shape index (κ3) is 5.40. The van der Waals surface area contributed by atoms with Crippen LogP contribution in [-0.4, -0.2) is 25.9 Å². The summed E-state index contributed by atoms with van der Waals surface area (Å²) in [4.78, 5) is 5.05. The van der Waals surface area contributed by atoms with Gasteiger partial charge in [-0.15, -0.1) is 0 Å². The molecule has 0 fully saturated rings. The fourth-order valence-corrected chi connectivity index (χ4v) is 10.3. The number of hydrogen-bond acceptors (Lipinski definition) is 0. The first kappa shape index (κ1) is 23.9. The minimum atomic E-state index is -1.72. The number of rotatable bonds is 6. The van der Waals surface area contributed by atoms with Crippen molar-refractivity contribution < 1.29 is 0 Å². The van der Waals surface area contributed by atoms with E-state index in [0.29, 0.717) is 17.6 Å². The minimum absolute atomic E-state index is 0.496. The van der Waals surface area contributed by atoms with Crippen molar-refractivity contribution >= 4 is 29.5 Å². The molecule has 0 nitrogen and oxygen atoms in total. The Morgan fingerprint density at radius 1 is 0.759 bits per heavy atom. The molecule has 0 atom stereocenters. The Hall–Kier alpha value is -1.40. The third-order valence-electron chi connectivity index (χ3n) is 6.32. The van der Waals surface area contributed by atoms with Crippen LogP contribution in [0, 0.1) is 17.7 Å². The van der Waals surface area contributed by atoms with E-state index in [-0.39, 0.29) is 0 Å². The number of allylic oxidation sites excluding steroid dienone is 1. The van der Waals surface area contributed by atoms with Crippen molar-refractivity contribution in [1.82, 2.24) is 0 Å². The second-order valence-electron chi connectivity index (χ2n) is 9.48. The van der Waals surface area contributed by atoms with Gasteiger partial charge in [-0.05, 0) is 0 Å². The van der Waals surface area contributed by atoms with Crippen LogP contribution < -0.4 is 0 Å². The summed E-state index contributed by atoms with van der Waals surface area (Å²) >= 11 is -1.72. The molecule has 0 spiro atoms. The zero-order valence-corrected chi connectivity index (χ0v) is 22.4. The summed E-state index contributed by atoms with van der Waals surface area (Å²) in [6.07, 6.45) is -1.00. The maximum atomic E-state index is 3.92. The standard InChI is InChI=1S/C25H31B.2CH3.Sn/c1-20(2)25(19-24-15-11-8-12-16-24)26(21(3)4,22(5)6)18-17-23-13-9-7-10-14-23;;;/h7-16,20-22H,1-6H3;2*1H3;/q-1;;;+1. The first-order valence-electron chi connectivity index (χ1n) is 11.1. The van der Waals surface area contributed by atoms with Crippen LogP contribution in [-0.2, 0) is 0 Å². The fraction of sp³-hybridized carbons (Fsp3) is 0.407. The van der Waals surface area contributed by atoms with Crippen LogP contribution in [0.4, 0.5) is 0 Å². The first-order chi connectivity index (χ1) is 13.7. The summed E-state index contributed by atoms with van der Waals surface area (Å²) in [5, 5.41) is 0. The normalized spacial score (nSPS) is 12.7. The molecule has 0 saturated heterocycles. The molecule has 0 heterocycles. The van der Waals surface area contributed by atoms with Crippen molar-refractivity contribution in [2.45, 2.75) is 63.1 Å². The summed E-state index contributed by atoms with van der Waals surface area (Å²) in [7, 11) is 0. The number of benzene rings is 2. The van der Waals surface area contributed by atoms with Crippen LogP contribution >= 0.6 is 0 Å². The predicted molar refractivity (Wildman–Crippen MR) is 135 cm³/mol. The summed E-state index contributed by atoms with van der Waals surface area (Å²) < 4.78 is 1.69. The third-order valence-corrected chi connectivity index (χ3v) is 10.8. The van der Waals surface area contributed by atoms with E-state index in [1.807, 2.05) is 0 Å². The summed E-state index contributed by atoms with van der Waals surface area (Å²) in [6, 6.07) is 21.6. The van der Waals surface area contributed by atoms with Gasteiger partial charge in [0.2, 0.25) is 0 Å². The van der Waals surface area contributed by atoms with Gasteiger partial charge in [-0.25, -0.2) is 0 Å². The zero-order valence-electron chi connectivity index (χ0n) is 19.6. The van der Waals surface area contributed by atoms with Crippen molar-refractivity contribution in [3.63, 3.8) is 0 Å². The molecule has 0 aliphatic rings. The van der Waals surface area contributed by atoms with E-state index >= 15 is 0 Å². The van der Waals surface area contributed by atoms with Crippen molar-refractivity contribution in [1.29, 1.82) is 0 Å². The molecule has 0 bridgehead atoms. The van der Waals surface area contributed by atoms with Crippen molar-refractivity contribution in [3.8, 4) is 11.7 Å². The predicted octanol–water partition coefficient (Wildman–Crippen LogP) is 7.79. The average molecular weight is 491 g/mol. The molecule has 0 aliphatic carbocycles. The van der Waals surface area contributed by atoms with Gasteiger partial charge in [0.05, 0.1) is 0 Å². The first-order valence-corrected chi connectivity index (χ1v) is 18.2. The summed E-state index contributed by atoms with van der Waals surface area (Å²) in [5.74, 6) is 9.02.